The van der Waals surface area contributed by atoms with Gasteiger partial charge >= 0.3 is 5.97 Å². The van der Waals surface area contributed by atoms with Crippen molar-refractivity contribution in [2.24, 2.45) is 0 Å². The molecule has 5 nitrogen and oxygen atoms in total. The maximum atomic E-state index is 11.5. The normalized spacial score (nSPS) is 9.47. The largest absolute Gasteiger partial charge is 0.469 e. The second-order valence-electron chi connectivity index (χ2n) is 3.41. The predicted molar refractivity (Wildman–Crippen MR) is 66.4 cm³/mol. The summed E-state index contributed by atoms with van der Waals surface area (Å²) in [5.74, 6) is 1.16. The lowest BCUT2D eigenvalue weighted by atomic mass is 10.3. The maximum Gasteiger partial charge on any atom is 0.306 e. The lowest BCUT2D eigenvalue weighted by Gasteiger charge is -2.14. The number of nitriles is 1. The average Bonchev–Trinajstić information content (AvgIpc) is 2.34. The van der Waals surface area contributed by atoms with Gasteiger partial charge in [0.2, 0.25) is 5.91 Å². The van der Waals surface area contributed by atoms with E-state index in [9.17, 15) is 9.59 Å². The van der Waals surface area contributed by atoms with E-state index in [1.807, 2.05) is 6.07 Å². The fraction of sp³-hybridized carbons (Fsp3) is 0.727. The molecule has 0 saturated heterocycles. The monoisotopic (exact) mass is 258 g/mol. The van der Waals surface area contributed by atoms with Crippen LogP contribution in [0.15, 0.2) is 0 Å². The highest BCUT2D eigenvalue weighted by atomic mass is 32.2. The lowest BCUT2D eigenvalue weighted by molar-refractivity contribution is -0.140. The zero-order valence-electron chi connectivity index (χ0n) is 10.3. The van der Waals surface area contributed by atoms with E-state index < -0.39 is 0 Å². The van der Waals surface area contributed by atoms with Crippen molar-refractivity contribution in [3.8, 4) is 6.07 Å². The molecule has 0 heterocycles. The second kappa shape index (κ2) is 9.97. The molecule has 0 unspecified atom stereocenters. The zero-order chi connectivity index (χ0) is 13.1. The van der Waals surface area contributed by atoms with Crippen molar-refractivity contribution in [1.82, 2.24) is 4.90 Å². The number of esters is 1. The van der Waals surface area contributed by atoms with E-state index in [1.165, 1.54) is 7.11 Å². The second-order valence-corrected chi connectivity index (χ2v) is 4.64. The van der Waals surface area contributed by atoms with Gasteiger partial charge in [0.25, 0.3) is 0 Å². The molecule has 0 aromatic heterocycles. The Bertz CT molecular complexity index is 289. The molecule has 0 fully saturated rings. The highest BCUT2D eigenvalue weighted by Crippen LogP contribution is 2.06. The van der Waals surface area contributed by atoms with Crippen LogP contribution in [0.4, 0.5) is 0 Å². The summed E-state index contributed by atoms with van der Waals surface area (Å²) in [6, 6.07) is 2.00. The summed E-state index contributed by atoms with van der Waals surface area (Å²) in [4.78, 5) is 23.9. The van der Waals surface area contributed by atoms with Gasteiger partial charge in [-0.3, -0.25) is 9.59 Å². The van der Waals surface area contributed by atoms with Crippen LogP contribution in [0.25, 0.3) is 0 Å². The predicted octanol–water partition coefficient (Wildman–Crippen LogP) is 1.04. The molecular weight excluding hydrogens is 240 g/mol. The van der Waals surface area contributed by atoms with E-state index in [-0.39, 0.29) is 11.9 Å². The number of nitrogens with zero attached hydrogens (tertiary/aromatic N) is 2. The fourth-order valence-electron chi connectivity index (χ4n) is 1.05. The molecule has 0 saturated carbocycles. The van der Waals surface area contributed by atoms with Crippen molar-refractivity contribution in [3.05, 3.63) is 0 Å². The molecule has 0 bridgehead atoms. The van der Waals surface area contributed by atoms with Gasteiger partial charge in [0.05, 0.1) is 26.0 Å². The minimum Gasteiger partial charge on any atom is -0.469 e. The number of carbonyl (C=O) groups is 2. The van der Waals surface area contributed by atoms with Crippen LogP contribution in [0.1, 0.15) is 19.3 Å². The highest BCUT2D eigenvalue weighted by Gasteiger charge is 2.08. The maximum absolute atomic E-state index is 11.5. The number of methoxy groups -OCH3 is 1. The Balaban J connectivity index is 3.51. The molecule has 0 rings (SSSR count). The Kier molecular flexibility index (Phi) is 9.25. The summed E-state index contributed by atoms with van der Waals surface area (Å²) in [6.07, 6.45) is 1.17. The third-order valence-corrected chi connectivity index (χ3v) is 3.11. The van der Waals surface area contributed by atoms with E-state index in [2.05, 4.69) is 4.74 Å². The first-order valence-corrected chi connectivity index (χ1v) is 6.52. The van der Waals surface area contributed by atoms with Crippen molar-refractivity contribution >= 4 is 23.6 Å². The third-order valence-electron chi connectivity index (χ3n) is 2.12. The van der Waals surface area contributed by atoms with Crippen LogP contribution in [0.2, 0.25) is 0 Å². The first kappa shape index (κ1) is 15.8. The van der Waals surface area contributed by atoms with Gasteiger partial charge in [-0.15, -0.1) is 0 Å². The summed E-state index contributed by atoms with van der Waals surface area (Å²) in [7, 11) is 3.06. The SMILES string of the molecule is COC(=O)CCSCCC(=O)N(C)CCC#N. The van der Waals surface area contributed by atoms with Crippen LogP contribution in [0, 0.1) is 11.3 Å². The van der Waals surface area contributed by atoms with Crippen LogP contribution < -0.4 is 0 Å². The molecule has 0 aromatic rings. The molecule has 96 valence electrons. The Hall–Kier alpha value is -1.22. The first-order valence-electron chi connectivity index (χ1n) is 5.37. The molecule has 0 spiro atoms. The number of rotatable bonds is 8. The van der Waals surface area contributed by atoms with Crippen LogP contribution in [0.3, 0.4) is 0 Å². The van der Waals surface area contributed by atoms with Crippen molar-refractivity contribution < 1.29 is 14.3 Å². The molecule has 0 aliphatic heterocycles. The minimum absolute atomic E-state index is 0.0332. The van der Waals surface area contributed by atoms with Gasteiger partial charge in [0, 0.05) is 31.5 Å². The number of amides is 1. The van der Waals surface area contributed by atoms with Gasteiger partial charge in [-0.2, -0.15) is 17.0 Å². The Labute approximate surface area is 106 Å². The van der Waals surface area contributed by atoms with Crippen molar-refractivity contribution in [1.29, 1.82) is 5.26 Å². The number of hydrogen-bond acceptors (Lipinski definition) is 5. The summed E-state index contributed by atoms with van der Waals surface area (Å²) in [6.45, 7) is 0.474. The smallest absolute Gasteiger partial charge is 0.306 e. The zero-order valence-corrected chi connectivity index (χ0v) is 11.1. The van der Waals surface area contributed by atoms with Gasteiger partial charge in [-0.25, -0.2) is 0 Å². The lowest BCUT2D eigenvalue weighted by Crippen LogP contribution is -2.27. The molecule has 0 radical (unpaired) electrons. The van der Waals surface area contributed by atoms with Gasteiger partial charge in [-0.1, -0.05) is 0 Å². The molecule has 0 aliphatic carbocycles. The van der Waals surface area contributed by atoms with Crippen LogP contribution in [0.5, 0.6) is 0 Å². The molecule has 6 heteroatoms. The quantitative estimate of drug-likeness (QED) is 0.480. The summed E-state index contributed by atoms with van der Waals surface area (Å²) >= 11 is 1.55. The Morgan fingerprint density at radius 3 is 2.59 bits per heavy atom. The van der Waals surface area contributed by atoms with E-state index in [4.69, 9.17) is 5.26 Å². The molecule has 1 amide bonds. The van der Waals surface area contributed by atoms with Gasteiger partial charge in [-0.05, 0) is 0 Å². The molecular formula is C11H18N2O3S. The fourth-order valence-corrected chi connectivity index (χ4v) is 1.89. The van der Waals surface area contributed by atoms with Gasteiger partial charge in [0.1, 0.15) is 0 Å². The van der Waals surface area contributed by atoms with E-state index >= 15 is 0 Å². The number of ether oxygens (including phenoxy) is 1. The molecule has 0 aromatic carbocycles. The molecule has 0 aliphatic rings. The summed E-state index contributed by atoms with van der Waals surface area (Å²) in [5.41, 5.74) is 0. The minimum atomic E-state index is -0.227. The Morgan fingerprint density at radius 2 is 2.00 bits per heavy atom. The number of carbonyl (C=O) groups excluding carboxylic acids is 2. The molecule has 0 N–H and O–H groups in total. The average molecular weight is 258 g/mol. The van der Waals surface area contributed by atoms with Gasteiger partial charge in [0.15, 0.2) is 0 Å². The number of thioether (sulfide) groups is 1. The Morgan fingerprint density at radius 1 is 1.35 bits per heavy atom. The highest BCUT2D eigenvalue weighted by molar-refractivity contribution is 7.99. The third kappa shape index (κ3) is 8.57. The van der Waals surface area contributed by atoms with E-state index in [1.54, 1.807) is 23.7 Å². The van der Waals surface area contributed by atoms with Crippen LogP contribution in [-0.4, -0.2) is 49.0 Å². The van der Waals surface area contributed by atoms with Crippen LogP contribution in [-0.2, 0) is 14.3 Å². The summed E-state index contributed by atoms with van der Waals surface area (Å²) in [5, 5.41) is 8.38. The van der Waals surface area contributed by atoms with Crippen LogP contribution >= 0.6 is 11.8 Å². The first-order chi connectivity index (χ1) is 8.11. The van der Waals surface area contributed by atoms with E-state index in [0.717, 1.165) is 0 Å². The van der Waals surface area contributed by atoms with Crippen molar-refractivity contribution in [2.75, 3.05) is 32.2 Å². The standard InChI is InChI=1S/C11H18N2O3S/c1-13(7-3-6-12)10(14)4-8-17-9-5-11(15)16-2/h3-5,7-9H2,1-2H3. The van der Waals surface area contributed by atoms with E-state index in [0.29, 0.717) is 37.3 Å². The topological polar surface area (TPSA) is 70.4 Å². The number of hydrogen-bond donors (Lipinski definition) is 0. The summed E-state index contributed by atoms with van der Waals surface area (Å²) < 4.78 is 4.50. The van der Waals surface area contributed by atoms with Crippen molar-refractivity contribution in [3.63, 3.8) is 0 Å². The molecule has 17 heavy (non-hydrogen) atoms. The van der Waals surface area contributed by atoms with Crippen molar-refractivity contribution in [2.45, 2.75) is 19.3 Å². The molecule has 0 atom stereocenters. The van der Waals surface area contributed by atoms with Gasteiger partial charge < -0.3 is 9.64 Å².